The number of amides is 2. The Kier molecular flexibility index (Phi) is 7.08. The molecule has 1 unspecified atom stereocenters. The second-order valence-electron chi connectivity index (χ2n) is 6.25. The maximum atomic E-state index is 12.4. The van der Waals surface area contributed by atoms with Gasteiger partial charge in [-0.2, -0.15) is 0 Å². The van der Waals surface area contributed by atoms with E-state index in [-0.39, 0.29) is 36.7 Å². The Balaban J connectivity index is 2.06. The molecule has 150 valence electrons. The fourth-order valence-corrected chi connectivity index (χ4v) is 2.43. The zero-order valence-electron chi connectivity index (χ0n) is 16.0. The fraction of sp³-hybridized carbons (Fsp3) is 0.389. The van der Waals surface area contributed by atoms with Gasteiger partial charge in [0.05, 0.1) is 12.2 Å². The van der Waals surface area contributed by atoms with E-state index in [1.165, 1.54) is 11.1 Å². The van der Waals surface area contributed by atoms with Gasteiger partial charge in [0.15, 0.2) is 12.3 Å². The van der Waals surface area contributed by atoms with E-state index in [0.717, 1.165) is 10.2 Å². The Morgan fingerprint density at radius 1 is 1.29 bits per heavy atom. The standard InChI is InChI=1S/C18H23N5O5/c1-4-13(19-16(24)10-23-9-14(18(26)27)20-21-23)12-7-5-6-8-15(12)28-11-17(25)22(2)3/h5-9,13H,4,10-11H2,1-3H3,(H,19,24)(H,26,27). The minimum absolute atomic E-state index is 0.106. The number of nitrogens with zero attached hydrogens (tertiary/aromatic N) is 4. The molecule has 0 aliphatic carbocycles. The molecule has 1 atom stereocenters. The lowest BCUT2D eigenvalue weighted by atomic mass is 10.0. The van der Waals surface area contributed by atoms with Crippen LogP contribution in [0.1, 0.15) is 35.4 Å². The summed E-state index contributed by atoms with van der Waals surface area (Å²) in [6.45, 7) is 1.63. The molecule has 0 aliphatic rings. The molecule has 0 saturated carbocycles. The summed E-state index contributed by atoms with van der Waals surface area (Å²) in [6, 6.07) is 6.82. The molecule has 0 saturated heterocycles. The minimum atomic E-state index is -1.21. The van der Waals surface area contributed by atoms with E-state index >= 15 is 0 Å². The van der Waals surface area contributed by atoms with Crippen LogP contribution in [0.15, 0.2) is 30.5 Å². The van der Waals surface area contributed by atoms with Gasteiger partial charge in [0.2, 0.25) is 5.91 Å². The summed E-state index contributed by atoms with van der Waals surface area (Å²) in [4.78, 5) is 36.4. The van der Waals surface area contributed by atoms with Gasteiger partial charge in [-0.25, -0.2) is 9.48 Å². The molecule has 10 heteroatoms. The van der Waals surface area contributed by atoms with Crippen molar-refractivity contribution in [2.45, 2.75) is 25.9 Å². The largest absolute Gasteiger partial charge is 0.483 e. The quantitative estimate of drug-likeness (QED) is 0.647. The molecular weight excluding hydrogens is 366 g/mol. The van der Waals surface area contributed by atoms with Crippen molar-refractivity contribution in [3.8, 4) is 5.75 Å². The summed E-state index contributed by atoms with van der Waals surface area (Å²) in [6.07, 6.45) is 1.78. The van der Waals surface area contributed by atoms with Crippen LogP contribution < -0.4 is 10.1 Å². The van der Waals surface area contributed by atoms with Gasteiger partial charge in [-0.05, 0) is 12.5 Å². The number of aromatic nitrogens is 3. The van der Waals surface area contributed by atoms with Crippen LogP contribution in [0.25, 0.3) is 0 Å². The van der Waals surface area contributed by atoms with E-state index in [4.69, 9.17) is 9.84 Å². The molecule has 2 N–H and O–H groups in total. The van der Waals surface area contributed by atoms with Crippen molar-refractivity contribution >= 4 is 17.8 Å². The minimum Gasteiger partial charge on any atom is -0.483 e. The maximum absolute atomic E-state index is 12.4. The van der Waals surface area contributed by atoms with Gasteiger partial charge in [-0.3, -0.25) is 9.59 Å². The molecule has 1 aromatic carbocycles. The molecule has 2 amide bonds. The lowest BCUT2D eigenvalue weighted by Gasteiger charge is -2.21. The number of aromatic carboxylic acids is 1. The summed E-state index contributed by atoms with van der Waals surface area (Å²) < 4.78 is 6.79. The number of ether oxygens (including phenoxy) is 1. The molecule has 0 spiro atoms. The Hall–Kier alpha value is -3.43. The van der Waals surface area contributed by atoms with Crippen LogP contribution in [0, 0.1) is 0 Å². The number of carbonyl (C=O) groups is 3. The highest BCUT2D eigenvalue weighted by Gasteiger charge is 2.19. The van der Waals surface area contributed by atoms with Crippen molar-refractivity contribution in [2.75, 3.05) is 20.7 Å². The smallest absolute Gasteiger partial charge is 0.358 e. The Morgan fingerprint density at radius 3 is 2.61 bits per heavy atom. The number of nitrogens with one attached hydrogen (secondary N) is 1. The van der Waals surface area contributed by atoms with Crippen molar-refractivity contribution in [1.29, 1.82) is 0 Å². The number of hydrogen-bond acceptors (Lipinski definition) is 6. The third-order valence-corrected chi connectivity index (χ3v) is 3.95. The van der Waals surface area contributed by atoms with Gasteiger partial charge in [0.1, 0.15) is 12.3 Å². The van der Waals surface area contributed by atoms with Crippen molar-refractivity contribution in [2.24, 2.45) is 0 Å². The number of hydrogen-bond donors (Lipinski definition) is 2. The third-order valence-electron chi connectivity index (χ3n) is 3.95. The average Bonchev–Trinajstić information content (AvgIpc) is 3.13. The summed E-state index contributed by atoms with van der Waals surface area (Å²) in [5, 5.41) is 18.8. The van der Waals surface area contributed by atoms with E-state index < -0.39 is 5.97 Å². The van der Waals surface area contributed by atoms with E-state index in [0.29, 0.717) is 12.2 Å². The van der Waals surface area contributed by atoms with E-state index in [2.05, 4.69) is 15.6 Å². The third kappa shape index (κ3) is 5.53. The first-order chi connectivity index (χ1) is 13.3. The molecule has 2 aromatic rings. The number of rotatable bonds is 9. The zero-order valence-corrected chi connectivity index (χ0v) is 16.0. The van der Waals surface area contributed by atoms with E-state index in [1.54, 1.807) is 26.2 Å². The van der Waals surface area contributed by atoms with E-state index in [9.17, 15) is 14.4 Å². The Morgan fingerprint density at radius 2 is 2.00 bits per heavy atom. The molecular formula is C18H23N5O5. The monoisotopic (exact) mass is 389 g/mol. The van der Waals surface area contributed by atoms with Gasteiger partial charge in [-0.15, -0.1) is 5.10 Å². The van der Waals surface area contributed by atoms with Crippen molar-refractivity contribution in [1.82, 2.24) is 25.2 Å². The lowest BCUT2D eigenvalue weighted by Crippen LogP contribution is -2.32. The van der Waals surface area contributed by atoms with Gasteiger partial charge >= 0.3 is 5.97 Å². The Labute approximate surface area is 162 Å². The van der Waals surface area contributed by atoms with Crippen LogP contribution in [0.5, 0.6) is 5.75 Å². The summed E-state index contributed by atoms with van der Waals surface area (Å²) >= 11 is 0. The predicted octanol–water partition coefficient (Wildman–Crippen LogP) is 0.711. The molecule has 0 fully saturated rings. The summed E-state index contributed by atoms with van der Waals surface area (Å²) in [7, 11) is 3.29. The Bertz CT molecular complexity index is 848. The SMILES string of the molecule is CCC(NC(=O)Cn1cc(C(=O)O)nn1)c1ccccc1OCC(=O)N(C)C. The molecule has 2 rings (SSSR count). The molecule has 28 heavy (non-hydrogen) atoms. The number of carbonyl (C=O) groups excluding carboxylic acids is 2. The van der Waals surface area contributed by atoms with Crippen molar-refractivity contribution < 1.29 is 24.2 Å². The maximum Gasteiger partial charge on any atom is 0.358 e. The molecule has 10 nitrogen and oxygen atoms in total. The first-order valence-corrected chi connectivity index (χ1v) is 8.66. The topological polar surface area (TPSA) is 127 Å². The second-order valence-corrected chi connectivity index (χ2v) is 6.25. The number of carboxylic acids is 1. The predicted molar refractivity (Wildman–Crippen MR) is 98.8 cm³/mol. The average molecular weight is 389 g/mol. The number of para-hydroxylation sites is 1. The molecule has 0 bridgehead atoms. The van der Waals surface area contributed by atoms with Crippen molar-refractivity contribution in [3.63, 3.8) is 0 Å². The van der Waals surface area contributed by atoms with Crippen LogP contribution >= 0.6 is 0 Å². The van der Waals surface area contributed by atoms with Crippen molar-refractivity contribution in [3.05, 3.63) is 41.7 Å². The second kappa shape index (κ2) is 9.49. The van der Waals surface area contributed by atoms with Crippen LogP contribution in [-0.2, 0) is 16.1 Å². The van der Waals surface area contributed by atoms with E-state index in [1.807, 2.05) is 19.1 Å². The van der Waals surface area contributed by atoms with Gasteiger partial charge < -0.3 is 20.1 Å². The van der Waals surface area contributed by atoms with Gasteiger partial charge in [0.25, 0.3) is 5.91 Å². The number of benzene rings is 1. The lowest BCUT2D eigenvalue weighted by molar-refractivity contribution is -0.130. The van der Waals surface area contributed by atoms with Gasteiger partial charge in [0, 0.05) is 19.7 Å². The highest BCUT2D eigenvalue weighted by molar-refractivity contribution is 5.84. The van der Waals surface area contributed by atoms with Crippen LogP contribution in [-0.4, -0.2) is 63.5 Å². The number of carboxylic acid groups (broad SMARTS) is 1. The van der Waals surface area contributed by atoms with Crippen LogP contribution in [0.4, 0.5) is 0 Å². The van der Waals surface area contributed by atoms with Crippen LogP contribution in [0.2, 0.25) is 0 Å². The number of likely N-dealkylation sites (N-methyl/N-ethyl adjacent to an activating group) is 1. The molecule has 0 radical (unpaired) electrons. The molecule has 1 heterocycles. The zero-order chi connectivity index (χ0) is 20.7. The summed E-state index contributed by atoms with van der Waals surface area (Å²) in [5.74, 6) is -1.23. The fourth-order valence-electron chi connectivity index (χ4n) is 2.43. The molecule has 0 aliphatic heterocycles. The highest BCUT2D eigenvalue weighted by atomic mass is 16.5. The first-order valence-electron chi connectivity index (χ1n) is 8.66. The van der Waals surface area contributed by atoms with Crippen LogP contribution in [0.3, 0.4) is 0 Å². The first kappa shape index (κ1) is 20.9. The highest BCUT2D eigenvalue weighted by Crippen LogP contribution is 2.27. The van der Waals surface area contributed by atoms with Gasteiger partial charge in [-0.1, -0.05) is 30.3 Å². The normalized spacial score (nSPS) is 11.5. The molecule has 1 aromatic heterocycles. The summed E-state index contributed by atoms with van der Waals surface area (Å²) in [5.41, 5.74) is 0.513.